The van der Waals surface area contributed by atoms with Gasteiger partial charge in [-0.1, -0.05) is 6.42 Å². The fourth-order valence-electron chi connectivity index (χ4n) is 2.93. The van der Waals surface area contributed by atoms with Gasteiger partial charge < -0.3 is 4.74 Å². The van der Waals surface area contributed by atoms with Crippen LogP contribution >= 0.6 is 0 Å². The van der Waals surface area contributed by atoms with Gasteiger partial charge in [0.25, 0.3) is 0 Å². The maximum Gasteiger partial charge on any atom is 0.320 e. The van der Waals surface area contributed by atoms with Crippen molar-refractivity contribution in [3.8, 4) is 0 Å². The number of rotatable bonds is 4. The number of carbonyl (C=O) groups is 1. The Kier molecular flexibility index (Phi) is 4.80. The first-order valence-electron chi connectivity index (χ1n) is 6.91. The van der Waals surface area contributed by atoms with Crippen LogP contribution in [0.25, 0.3) is 0 Å². The number of nitrogens with zero attached hydrogens (tertiary/aromatic N) is 2. The van der Waals surface area contributed by atoms with Gasteiger partial charge in [-0.15, -0.1) is 0 Å². The molecular weight excluding hydrogens is 216 g/mol. The van der Waals surface area contributed by atoms with E-state index < -0.39 is 0 Å². The molecule has 17 heavy (non-hydrogen) atoms. The van der Waals surface area contributed by atoms with E-state index in [4.69, 9.17) is 4.74 Å². The zero-order valence-corrected chi connectivity index (χ0v) is 10.9. The van der Waals surface area contributed by atoms with Gasteiger partial charge in [-0.25, -0.2) is 0 Å². The average Bonchev–Trinajstić information content (AvgIpc) is 2.79. The molecule has 0 aromatic carbocycles. The number of piperidine rings is 1. The summed E-state index contributed by atoms with van der Waals surface area (Å²) < 4.78 is 4.99. The lowest BCUT2D eigenvalue weighted by Crippen LogP contribution is -2.41. The SMILES string of the molecule is CCOC(=O)CN1CCC(N2CCCCC2)C1. The van der Waals surface area contributed by atoms with Crippen molar-refractivity contribution in [1.29, 1.82) is 0 Å². The van der Waals surface area contributed by atoms with E-state index in [0.29, 0.717) is 19.2 Å². The molecule has 0 amide bonds. The van der Waals surface area contributed by atoms with Gasteiger partial charge in [0.1, 0.15) is 0 Å². The van der Waals surface area contributed by atoms with Crippen molar-refractivity contribution in [2.45, 2.75) is 38.6 Å². The maximum absolute atomic E-state index is 11.4. The summed E-state index contributed by atoms with van der Waals surface area (Å²) in [6, 6.07) is 0.671. The lowest BCUT2D eigenvalue weighted by atomic mass is 10.1. The lowest BCUT2D eigenvalue weighted by Gasteiger charge is -2.32. The van der Waals surface area contributed by atoms with Crippen LogP contribution in [0, 0.1) is 0 Å². The first kappa shape index (κ1) is 12.8. The van der Waals surface area contributed by atoms with Crippen molar-refractivity contribution in [1.82, 2.24) is 9.80 Å². The molecule has 2 fully saturated rings. The van der Waals surface area contributed by atoms with Crippen molar-refractivity contribution >= 4 is 5.97 Å². The van der Waals surface area contributed by atoms with Crippen molar-refractivity contribution in [3.05, 3.63) is 0 Å². The van der Waals surface area contributed by atoms with Gasteiger partial charge in [0.15, 0.2) is 0 Å². The van der Waals surface area contributed by atoms with Gasteiger partial charge in [0.05, 0.1) is 13.2 Å². The summed E-state index contributed by atoms with van der Waals surface area (Å²) in [6.07, 6.45) is 5.28. The highest BCUT2D eigenvalue weighted by molar-refractivity contribution is 5.71. The third kappa shape index (κ3) is 3.68. The molecule has 2 saturated heterocycles. The Morgan fingerprint density at radius 3 is 2.71 bits per heavy atom. The monoisotopic (exact) mass is 240 g/mol. The topological polar surface area (TPSA) is 32.8 Å². The van der Waals surface area contributed by atoms with E-state index in [1.54, 1.807) is 0 Å². The average molecular weight is 240 g/mol. The Morgan fingerprint density at radius 2 is 2.00 bits per heavy atom. The highest BCUT2D eigenvalue weighted by Gasteiger charge is 2.29. The standard InChI is InChI=1S/C13H24N2O2/c1-2-17-13(16)11-14-9-6-12(10-14)15-7-4-3-5-8-15/h12H,2-11H2,1H3. The number of ether oxygens (including phenoxy) is 1. The van der Waals surface area contributed by atoms with Crippen LogP contribution in [0.3, 0.4) is 0 Å². The zero-order chi connectivity index (χ0) is 12.1. The quantitative estimate of drug-likeness (QED) is 0.689. The molecule has 1 unspecified atom stereocenters. The molecule has 0 aliphatic carbocycles. The fourth-order valence-corrected chi connectivity index (χ4v) is 2.93. The molecule has 98 valence electrons. The van der Waals surface area contributed by atoms with Gasteiger partial charge >= 0.3 is 5.97 Å². The summed E-state index contributed by atoms with van der Waals surface area (Å²) in [5.41, 5.74) is 0. The normalized spacial score (nSPS) is 27.2. The van der Waals surface area contributed by atoms with Crippen LogP contribution < -0.4 is 0 Å². The summed E-state index contributed by atoms with van der Waals surface area (Å²) >= 11 is 0. The molecule has 0 bridgehead atoms. The summed E-state index contributed by atoms with van der Waals surface area (Å²) in [5, 5.41) is 0. The number of likely N-dealkylation sites (tertiary alicyclic amines) is 2. The van der Waals surface area contributed by atoms with Crippen LogP contribution in [0.5, 0.6) is 0 Å². The zero-order valence-electron chi connectivity index (χ0n) is 10.9. The third-order valence-electron chi connectivity index (χ3n) is 3.81. The summed E-state index contributed by atoms with van der Waals surface area (Å²) in [6.45, 7) is 7.40. The third-order valence-corrected chi connectivity index (χ3v) is 3.81. The second kappa shape index (κ2) is 6.36. The summed E-state index contributed by atoms with van der Waals surface area (Å²) in [5.74, 6) is -0.0770. The van der Waals surface area contributed by atoms with Crippen LogP contribution in [0.15, 0.2) is 0 Å². The highest BCUT2D eigenvalue weighted by atomic mass is 16.5. The van der Waals surface area contributed by atoms with Crippen LogP contribution in [0.2, 0.25) is 0 Å². The predicted octanol–water partition coefficient (Wildman–Crippen LogP) is 1.11. The fraction of sp³-hybridized carbons (Fsp3) is 0.923. The van der Waals surface area contributed by atoms with E-state index in [-0.39, 0.29) is 5.97 Å². The Bertz CT molecular complexity index is 252. The number of hydrogen-bond donors (Lipinski definition) is 0. The molecule has 2 aliphatic rings. The molecule has 0 radical (unpaired) electrons. The van der Waals surface area contributed by atoms with Gasteiger partial charge in [0.2, 0.25) is 0 Å². The molecule has 0 aromatic rings. The molecule has 1 atom stereocenters. The van der Waals surface area contributed by atoms with Crippen molar-refractivity contribution in [2.75, 3.05) is 39.3 Å². The molecule has 2 heterocycles. The van der Waals surface area contributed by atoms with E-state index in [1.807, 2.05) is 6.92 Å². The van der Waals surface area contributed by atoms with Crippen molar-refractivity contribution in [2.24, 2.45) is 0 Å². The molecule has 4 nitrogen and oxygen atoms in total. The van der Waals surface area contributed by atoms with Crippen molar-refractivity contribution < 1.29 is 9.53 Å². The Morgan fingerprint density at radius 1 is 1.24 bits per heavy atom. The maximum atomic E-state index is 11.4. The second-order valence-electron chi connectivity index (χ2n) is 5.08. The summed E-state index contributed by atoms with van der Waals surface area (Å²) in [4.78, 5) is 16.2. The van der Waals surface area contributed by atoms with E-state index in [0.717, 1.165) is 13.1 Å². The number of hydrogen-bond acceptors (Lipinski definition) is 4. The van der Waals surface area contributed by atoms with E-state index in [9.17, 15) is 4.79 Å². The molecule has 0 aromatic heterocycles. The molecule has 4 heteroatoms. The van der Waals surface area contributed by atoms with Crippen LogP contribution in [0.4, 0.5) is 0 Å². The van der Waals surface area contributed by atoms with Gasteiger partial charge in [-0.2, -0.15) is 0 Å². The van der Waals surface area contributed by atoms with Crippen LogP contribution in [0.1, 0.15) is 32.6 Å². The Labute approximate surface area is 104 Å². The summed E-state index contributed by atoms with van der Waals surface area (Å²) in [7, 11) is 0. The molecule has 0 saturated carbocycles. The smallest absolute Gasteiger partial charge is 0.320 e. The molecule has 2 rings (SSSR count). The van der Waals surface area contributed by atoms with E-state index in [2.05, 4.69) is 9.80 Å². The van der Waals surface area contributed by atoms with Gasteiger partial charge in [-0.3, -0.25) is 14.6 Å². The lowest BCUT2D eigenvalue weighted by molar-refractivity contribution is -0.144. The highest BCUT2D eigenvalue weighted by Crippen LogP contribution is 2.19. The minimum absolute atomic E-state index is 0.0770. The Hall–Kier alpha value is -0.610. The van der Waals surface area contributed by atoms with Gasteiger partial charge in [-0.05, 0) is 39.3 Å². The predicted molar refractivity (Wildman–Crippen MR) is 66.9 cm³/mol. The van der Waals surface area contributed by atoms with Crippen molar-refractivity contribution in [3.63, 3.8) is 0 Å². The first-order valence-corrected chi connectivity index (χ1v) is 6.91. The second-order valence-corrected chi connectivity index (χ2v) is 5.08. The van der Waals surface area contributed by atoms with E-state index in [1.165, 1.54) is 38.8 Å². The first-order chi connectivity index (χ1) is 8.29. The molecule has 0 spiro atoms. The number of carbonyl (C=O) groups excluding carboxylic acids is 1. The number of esters is 1. The largest absolute Gasteiger partial charge is 0.465 e. The molecule has 0 N–H and O–H groups in total. The van der Waals surface area contributed by atoms with E-state index >= 15 is 0 Å². The minimum Gasteiger partial charge on any atom is -0.465 e. The molecular formula is C13H24N2O2. The van der Waals surface area contributed by atoms with Crippen LogP contribution in [-0.4, -0.2) is 61.1 Å². The minimum atomic E-state index is -0.0770. The van der Waals surface area contributed by atoms with Crippen LogP contribution in [-0.2, 0) is 9.53 Å². The van der Waals surface area contributed by atoms with Gasteiger partial charge in [0, 0.05) is 19.1 Å². The molecule has 2 aliphatic heterocycles. The Balaban J connectivity index is 1.73.